The number of hydrogen-bond donors (Lipinski definition) is 0. The lowest BCUT2D eigenvalue weighted by Gasteiger charge is -2.32. The first kappa shape index (κ1) is 21.2. The highest BCUT2D eigenvalue weighted by Gasteiger charge is 2.28. The SMILES string of the molecule is CN1CCN(Cc2ccc(C3=NN(CC(C)(C)C)c4nc(C#N)ncc4O3)cc2)CC1. The Labute approximate surface area is 183 Å². The van der Waals surface area contributed by atoms with Crippen LogP contribution in [0.1, 0.15) is 37.7 Å². The van der Waals surface area contributed by atoms with E-state index in [9.17, 15) is 0 Å². The van der Waals surface area contributed by atoms with E-state index >= 15 is 0 Å². The van der Waals surface area contributed by atoms with Crippen LogP contribution in [0.25, 0.3) is 0 Å². The fraction of sp³-hybridized carbons (Fsp3) is 0.478. The molecule has 0 bridgehead atoms. The van der Waals surface area contributed by atoms with Gasteiger partial charge >= 0.3 is 0 Å². The van der Waals surface area contributed by atoms with Crippen molar-refractivity contribution in [2.75, 3.05) is 44.8 Å². The molecular weight excluding hydrogens is 390 g/mol. The van der Waals surface area contributed by atoms with Gasteiger partial charge in [-0.05, 0) is 30.2 Å². The largest absolute Gasteiger partial charge is 0.431 e. The summed E-state index contributed by atoms with van der Waals surface area (Å²) in [4.78, 5) is 13.2. The number of nitriles is 1. The van der Waals surface area contributed by atoms with E-state index < -0.39 is 0 Å². The molecule has 0 atom stereocenters. The summed E-state index contributed by atoms with van der Waals surface area (Å²) in [6.07, 6.45) is 1.55. The van der Waals surface area contributed by atoms with E-state index in [1.54, 1.807) is 6.20 Å². The Balaban J connectivity index is 1.55. The lowest BCUT2D eigenvalue weighted by Crippen LogP contribution is -2.43. The average Bonchev–Trinajstić information content (AvgIpc) is 2.74. The van der Waals surface area contributed by atoms with Crippen molar-refractivity contribution in [1.29, 1.82) is 5.26 Å². The third-order valence-electron chi connectivity index (χ3n) is 5.33. The maximum atomic E-state index is 9.17. The number of hydrazone groups is 1. The van der Waals surface area contributed by atoms with Gasteiger partial charge in [0, 0.05) is 44.8 Å². The molecule has 8 heteroatoms. The van der Waals surface area contributed by atoms with E-state index in [-0.39, 0.29) is 11.2 Å². The molecule has 2 aliphatic heterocycles. The zero-order chi connectivity index (χ0) is 22.0. The van der Waals surface area contributed by atoms with Crippen molar-refractivity contribution in [2.45, 2.75) is 27.3 Å². The molecule has 4 rings (SSSR count). The molecule has 0 unspecified atom stereocenters. The average molecular weight is 420 g/mol. The van der Waals surface area contributed by atoms with Crippen molar-refractivity contribution >= 4 is 11.7 Å². The maximum absolute atomic E-state index is 9.17. The van der Waals surface area contributed by atoms with Gasteiger partial charge < -0.3 is 9.64 Å². The van der Waals surface area contributed by atoms with E-state index in [2.05, 4.69) is 71.9 Å². The van der Waals surface area contributed by atoms with Crippen molar-refractivity contribution in [3.05, 3.63) is 47.4 Å². The first-order valence-corrected chi connectivity index (χ1v) is 10.6. The normalized spacial score (nSPS) is 17.5. The maximum Gasteiger partial charge on any atom is 0.244 e. The van der Waals surface area contributed by atoms with Crippen molar-refractivity contribution in [3.8, 4) is 11.8 Å². The van der Waals surface area contributed by atoms with Crippen LogP contribution < -0.4 is 9.75 Å². The van der Waals surface area contributed by atoms with Gasteiger partial charge in [-0.25, -0.2) is 9.99 Å². The number of anilines is 1. The summed E-state index contributed by atoms with van der Waals surface area (Å²) in [5.41, 5.74) is 2.16. The smallest absolute Gasteiger partial charge is 0.244 e. The van der Waals surface area contributed by atoms with Crippen molar-refractivity contribution in [2.24, 2.45) is 10.5 Å². The molecular formula is C23H29N7O. The Kier molecular flexibility index (Phi) is 5.90. The molecule has 0 radical (unpaired) electrons. The molecule has 0 aliphatic carbocycles. The summed E-state index contributed by atoms with van der Waals surface area (Å²) in [6.45, 7) is 12.4. The Bertz CT molecular complexity index is 996. The third kappa shape index (κ3) is 5.19. The molecule has 1 fully saturated rings. The van der Waals surface area contributed by atoms with Crippen LogP contribution in [-0.2, 0) is 6.54 Å². The molecule has 162 valence electrons. The van der Waals surface area contributed by atoms with Crippen LogP contribution in [0.5, 0.6) is 5.75 Å². The second-order valence-electron chi connectivity index (χ2n) is 9.40. The molecule has 1 aromatic heterocycles. The molecule has 3 heterocycles. The summed E-state index contributed by atoms with van der Waals surface area (Å²) in [5.74, 6) is 1.65. The molecule has 0 spiro atoms. The minimum atomic E-state index is -0.0205. The van der Waals surface area contributed by atoms with Gasteiger partial charge in [0.1, 0.15) is 6.07 Å². The number of nitrogens with zero attached hydrogens (tertiary/aromatic N) is 7. The van der Waals surface area contributed by atoms with Crippen LogP contribution in [0.3, 0.4) is 0 Å². The van der Waals surface area contributed by atoms with Gasteiger partial charge in [0.2, 0.25) is 11.7 Å². The molecule has 1 saturated heterocycles. The lowest BCUT2D eigenvalue weighted by atomic mass is 9.96. The van der Waals surface area contributed by atoms with Crippen LogP contribution in [0, 0.1) is 16.7 Å². The molecule has 0 saturated carbocycles. The zero-order valence-electron chi connectivity index (χ0n) is 18.7. The quantitative estimate of drug-likeness (QED) is 0.754. The predicted octanol–water partition coefficient (Wildman–Crippen LogP) is 2.70. The Hall–Kier alpha value is -3.02. The summed E-state index contributed by atoms with van der Waals surface area (Å²) in [5, 5.41) is 15.7. The number of piperazine rings is 1. The molecule has 1 aromatic carbocycles. The van der Waals surface area contributed by atoms with E-state index in [0.717, 1.165) is 38.3 Å². The fourth-order valence-corrected chi connectivity index (χ4v) is 3.65. The summed E-state index contributed by atoms with van der Waals surface area (Å²) < 4.78 is 6.02. The summed E-state index contributed by atoms with van der Waals surface area (Å²) >= 11 is 0. The molecule has 2 aliphatic rings. The number of aromatic nitrogens is 2. The molecule has 2 aromatic rings. The highest BCUT2D eigenvalue weighted by Crippen LogP contribution is 2.33. The van der Waals surface area contributed by atoms with Crippen LogP contribution in [0.4, 0.5) is 5.82 Å². The van der Waals surface area contributed by atoms with E-state index in [1.165, 1.54) is 5.56 Å². The van der Waals surface area contributed by atoms with E-state index in [1.807, 2.05) is 11.1 Å². The van der Waals surface area contributed by atoms with Gasteiger partial charge in [0.25, 0.3) is 0 Å². The second-order valence-corrected chi connectivity index (χ2v) is 9.40. The second kappa shape index (κ2) is 8.61. The number of ether oxygens (including phenoxy) is 1. The summed E-state index contributed by atoms with van der Waals surface area (Å²) in [7, 11) is 2.17. The topological polar surface area (TPSA) is 80.9 Å². The van der Waals surface area contributed by atoms with Gasteiger partial charge in [-0.3, -0.25) is 4.90 Å². The molecule has 0 amide bonds. The van der Waals surface area contributed by atoms with Gasteiger partial charge in [-0.15, -0.1) is 5.10 Å². The standard InChI is InChI=1S/C23H29N7O/c1-23(2,3)16-30-21-19(14-25-20(13-24)26-21)31-22(27-30)18-7-5-17(6-8-18)15-29-11-9-28(4)10-12-29/h5-8,14H,9-12,15-16H2,1-4H3. The number of fused-ring (bicyclic) bond motifs is 1. The monoisotopic (exact) mass is 419 g/mol. The minimum Gasteiger partial charge on any atom is -0.431 e. The highest BCUT2D eigenvalue weighted by molar-refractivity contribution is 5.98. The number of hydrogen-bond acceptors (Lipinski definition) is 8. The van der Waals surface area contributed by atoms with Gasteiger partial charge in [0.05, 0.1) is 6.20 Å². The van der Waals surface area contributed by atoms with E-state index in [4.69, 9.17) is 15.1 Å². The Morgan fingerprint density at radius 1 is 1.10 bits per heavy atom. The molecule has 8 nitrogen and oxygen atoms in total. The van der Waals surface area contributed by atoms with Crippen LogP contribution in [0.2, 0.25) is 0 Å². The third-order valence-corrected chi connectivity index (χ3v) is 5.33. The number of rotatable bonds is 4. The Morgan fingerprint density at radius 2 is 1.81 bits per heavy atom. The first-order valence-electron chi connectivity index (χ1n) is 10.6. The van der Waals surface area contributed by atoms with E-state index in [0.29, 0.717) is 24.0 Å². The fourth-order valence-electron chi connectivity index (χ4n) is 3.65. The molecule has 0 N–H and O–H groups in total. The van der Waals surface area contributed by atoms with Gasteiger partial charge in [-0.1, -0.05) is 32.9 Å². The van der Waals surface area contributed by atoms with Crippen LogP contribution in [-0.4, -0.2) is 65.4 Å². The molecule has 31 heavy (non-hydrogen) atoms. The number of benzene rings is 1. The van der Waals surface area contributed by atoms with Crippen molar-refractivity contribution in [3.63, 3.8) is 0 Å². The van der Waals surface area contributed by atoms with Crippen LogP contribution >= 0.6 is 0 Å². The zero-order valence-corrected chi connectivity index (χ0v) is 18.7. The van der Waals surface area contributed by atoms with Crippen LogP contribution in [0.15, 0.2) is 35.6 Å². The Morgan fingerprint density at radius 3 is 2.45 bits per heavy atom. The van der Waals surface area contributed by atoms with Crippen molar-refractivity contribution < 1.29 is 4.74 Å². The minimum absolute atomic E-state index is 0.0205. The lowest BCUT2D eigenvalue weighted by molar-refractivity contribution is 0.148. The highest BCUT2D eigenvalue weighted by atomic mass is 16.5. The summed E-state index contributed by atoms with van der Waals surface area (Å²) in [6, 6.07) is 10.4. The van der Waals surface area contributed by atoms with Gasteiger partial charge in [-0.2, -0.15) is 10.2 Å². The first-order chi connectivity index (χ1) is 14.8. The van der Waals surface area contributed by atoms with Gasteiger partial charge in [0.15, 0.2) is 11.6 Å². The number of likely N-dealkylation sites (N-methyl/N-ethyl adjacent to an activating group) is 1. The predicted molar refractivity (Wildman–Crippen MR) is 120 cm³/mol. The van der Waals surface area contributed by atoms with Crippen molar-refractivity contribution in [1.82, 2.24) is 19.8 Å².